The molecule has 0 aliphatic heterocycles. The fraction of sp³-hybridized carbons (Fsp3) is 0.692. The summed E-state index contributed by atoms with van der Waals surface area (Å²) >= 11 is 0. The molecule has 5 heteroatoms. The Hall–Kier alpha value is -1.52. The Morgan fingerprint density at radius 1 is 1.50 bits per heavy atom. The van der Waals surface area contributed by atoms with Gasteiger partial charge in [-0.2, -0.15) is 5.10 Å². The van der Waals surface area contributed by atoms with E-state index in [1.165, 1.54) is 25.7 Å². The molecule has 0 aliphatic rings. The highest BCUT2D eigenvalue weighted by Crippen LogP contribution is 2.11. The SMILES string of the molecule is CCCCCCC(C)Nc1cnn(CC(N)=O)c1. The predicted molar refractivity (Wildman–Crippen MR) is 73.3 cm³/mol. The lowest BCUT2D eigenvalue weighted by Crippen LogP contribution is -2.19. The van der Waals surface area contributed by atoms with Gasteiger partial charge in [0, 0.05) is 12.2 Å². The number of unbranched alkanes of at least 4 members (excludes halogenated alkanes) is 3. The molecule has 1 aromatic heterocycles. The Morgan fingerprint density at radius 3 is 2.94 bits per heavy atom. The number of hydrogen-bond donors (Lipinski definition) is 2. The van der Waals surface area contributed by atoms with E-state index >= 15 is 0 Å². The van der Waals surface area contributed by atoms with E-state index in [1.807, 2.05) is 6.20 Å². The monoisotopic (exact) mass is 252 g/mol. The van der Waals surface area contributed by atoms with Crippen LogP contribution in [0.4, 0.5) is 5.69 Å². The number of carbonyl (C=O) groups excluding carboxylic acids is 1. The van der Waals surface area contributed by atoms with Crippen LogP contribution in [-0.4, -0.2) is 21.7 Å². The van der Waals surface area contributed by atoms with Crippen molar-refractivity contribution in [3.05, 3.63) is 12.4 Å². The van der Waals surface area contributed by atoms with E-state index in [0.717, 1.165) is 12.1 Å². The fourth-order valence-electron chi connectivity index (χ4n) is 1.92. The standard InChI is InChI=1S/C13H24N4O/c1-3-4-5-6-7-11(2)16-12-8-15-17(9-12)10-13(14)18/h8-9,11,16H,3-7,10H2,1-2H3,(H2,14,18). The first kappa shape index (κ1) is 14.5. The Morgan fingerprint density at radius 2 is 2.28 bits per heavy atom. The third-order valence-electron chi connectivity index (χ3n) is 2.85. The lowest BCUT2D eigenvalue weighted by atomic mass is 10.1. The summed E-state index contributed by atoms with van der Waals surface area (Å²) < 4.78 is 1.55. The number of nitrogens with zero attached hydrogens (tertiary/aromatic N) is 2. The van der Waals surface area contributed by atoms with Gasteiger partial charge in [0.2, 0.25) is 5.91 Å². The molecular weight excluding hydrogens is 228 g/mol. The van der Waals surface area contributed by atoms with Gasteiger partial charge in [-0.1, -0.05) is 32.6 Å². The van der Waals surface area contributed by atoms with Crippen LogP contribution >= 0.6 is 0 Å². The average Bonchev–Trinajstić information content (AvgIpc) is 2.71. The number of hydrogen-bond acceptors (Lipinski definition) is 3. The average molecular weight is 252 g/mol. The summed E-state index contributed by atoms with van der Waals surface area (Å²) in [5.41, 5.74) is 6.05. The first-order chi connectivity index (χ1) is 8.61. The van der Waals surface area contributed by atoms with Crippen molar-refractivity contribution in [1.29, 1.82) is 0 Å². The maximum absolute atomic E-state index is 10.7. The largest absolute Gasteiger partial charge is 0.380 e. The topological polar surface area (TPSA) is 72.9 Å². The minimum Gasteiger partial charge on any atom is -0.380 e. The Balaban J connectivity index is 2.28. The van der Waals surface area contributed by atoms with Crippen molar-refractivity contribution >= 4 is 11.6 Å². The van der Waals surface area contributed by atoms with Gasteiger partial charge < -0.3 is 11.1 Å². The summed E-state index contributed by atoms with van der Waals surface area (Å²) in [4.78, 5) is 10.7. The molecule has 0 bridgehead atoms. The van der Waals surface area contributed by atoms with Gasteiger partial charge in [0.1, 0.15) is 6.54 Å². The van der Waals surface area contributed by atoms with Crippen LogP contribution < -0.4 is 11.1 Å². The van der Waals surface area contributed by atoms with Crippen LogP contribution in [0.2, 0.25) is 0 Å². The number of primary amides is 1. The van der Waals surface area contributed by atoms with E-state index in [9.17, 15) is 4.79 Å². The molecule has 0 aromatic carbocycles. The second-order valence-corrected chi connectivity index (χ2v) is 4.79. The van der Waals surface area contributed by atoms with Crippen LogP contribution in [0.3, 0.4) is 0 Å². The van der Waals surface area contributed by atoms with Gasteiger partial charge in [0.25, 0.3) is 0 Å². The Bertz CT molecular complexity index is 362. The molecule has 0 saturated carbocycles. The molecule has 1 amide bonds. The van der Waals surface area contributed by atoms with Gasteiger partial charge >= 0.3 is 0 Å². The first-order valence-electron chi connectivity index (χ1n) is 6.69. The molecule has 1 heterocycles. The van der Waals surface area contributed by atoms with Crippen LogP contribution in [0.5, 0.6) is 0 Å². The number of rotatable bonds is 9. The quantitative estimate of drug-likeness (QED) is 0.661. The molecule has 0 spiro atoms. The van der Waals surface area contributed by atoms with Gasteiger partial charge in [-0.3, -0.25) is 9.48 Å². The number of amides is 1. The molecule has 0 radical (unpaired) electrons. The lowest BCUT2D eigenvalue weighted by molar-refractivity contribution is -0.118. The van der Waals surface area contributed by atoms with Crippen molar-refractivity contribution < 1.29 is 4.79 Å². The summed E-state index contributed by atoms with van der Waals surface area (Å²) in [6.45, 7) is 4.51. The normalized spacial score (nSPS) is 12.3. The van der Waals surface area contributed by atoms with Crippen LogP contribution in [0.15, 0.2) is 12.4 Å². The summed E-state index contributed by atoms with van der Waals surface area (Å²) in [5.74, 6) is -0.378. The zero-order valence-corrected chi connectivity index (χ0v) is 11.4. The fourth-order valence-corrected chi connectivity index (χ4v) is 1.92. The lowest BCUT2D eigenvalue weighted by Gasteiger charge is -2.13. The maximum Gasteiger partial charge on any atom is 0.239 e. The molecule has 3 N–H and O–H groups in total. The second kappa shape index (κ2) is 7.74. The van der Waals surface area contributed by atoms with E-state index in [0.29, 0.717) is 6.04 Å². The highest BCUT2D eigenvalue weighted by Gasteiger charge is 2.05. The number of nitrogens with one attached hydrogen (secondary N) is 1. The molecule has 0 aliphatic carbocycles. The van der Waals surface area contributed by atoms with Gasteiger partial charge in [0.15, 0.2) is 0 Å². The Kier molecular flexibility index (Phi) is 6.25. The number of anilines is 1. The minimum absolute atomic E-state index is 0.132. The first-order valence-corrected chi connectivity index (χ1v) is 6.69. The van der Waals surface area contributed by atoms with E-state index in [2.05, 4.69) is 24.3 Å². The molecule has 5 nitrogen and oxygen atoms in total. The van der Waals surface area contributed by atoms with E-state index in [-0.39, 0.29) is 12.5 Å². The summed E-state index contributed by atoms with van der Waals surface area (Å²) in [6.07, 6.45) is 9.81. The van der Waals surface area contributed by atoms with Gasteiger partial charge in [-0.05, 0) is 13.3 Å². The van der Waals surface area contributed by atoms with Crippen LogP contribution in [-0.2, 0) is 11.3 Å². The van der Waals surface area contributed by atoms with Crippen molar-refractivity contribution in [1.82, 2.24) is 9.78 Å². The zero-order chi connectivity index (χ0) is 13.4. The van der Waals surface area contributed by atoms with Crippen LogP contribution in [0.25, 0.3) is 0 Å². The summed E-state index contributed by atoms with van der Waals surface area (Å²) in [7, 11) is 0. The molecule has 18 heavy (non-hydrogen) atoms. The van der Waals surface area contributed by atoms with Gasteiger partial charge in [0.05, 0.1) is 11.9 Å². The molecule has 1 aromatic rings. The highest BCUT2D eigenvalue weighted by molar-refractivity contribution is 5.73. The molecule has 102 valence electrons. The molecule has 1 rings (SSSR count). The molecule has 0 saturated heterocycles. The second-order valence-electron chi connectivity index (χ2n) is 4.79. The van der Waals surface area contributed by atoms with E-state index in [4.69, 9.17) is 5.73 Å². The summed E-state index contributed by atoms with van der Waals surface area (Å²) in [5, 5.41) is 7.45. The van der Waals surface area contributed by atoms with E-state index < -0.39 is 0 Å². The van der Waals surface area contributed by atoms with Crippen LogP contribution in [0.1, 0.15) is 46.0 Å². The smallest absolute Gasteiger partial charge is 0.239 e. The van der Waals surface area contributed by atoms with Crippen LogP contribution in [0, 0.1) is 0 Å². The van der Waals surface area contributed by atoms with Gasteiger partial charge in [-0.25, -0.2) is 0 Å². The molecule has 0 fully saturated rings. The van der Waals surface area contributed by atoms with Crippen molar-refractivity contribution in [3.8, 4) is 0 Å². The van der Waals surface area contributed by atoms with Gasteiger partial charge in [-0.15, -0.1) is 0 Å². The Labute approximate surface area is 109 Å². The zero-order valence-electron chi connectivity index (χ0n) is 11.4. The van der Waals surface area contributed by atoms with Crippen molar-refractivity contribution in [3.63, 3.8) is 0 Å². The van der Waals surface area contributed by atoms with Crippen molar-refractivity contribution in [2.45, 2.75) is 58.5 Å². The third kappa shape index (κ3) is 5.70. The number of nitrogens with two attached hydrogens (primary N) is 1. The van der Waals surface area contributed by atoms with Crippen molar-refractivity contribution in [2.24, 2.45) is 5.73 Å². The number of aromatic nitrogens is 2. The summed E-state index contributed by atoms with van der Waals surface area (Å²) in [6, 6.07) is 0.424. The third-order valence-corrected chi connectivity index (χ3v) is 2.85. The van der Waals surface area contributed by atoms with E-state index in [1.54, 1.807) is 10.9 Å². The van der Waals surface area contributed by atoms with Crippen molar-refractivity contribution in [2.75, 3.05) is 5.32 Å². The minimum atomic E-state index is -0.378. The highest BCUT2D eigenvalue weighted by atomic mass is 16.1. The number of carbonyl (C=O) groups is 1. The molecule has 1 unspecified atom stereocenters. The maximum atomic E-state index is 10.7. The predicted octanol–water partition coefficient (Wildman–Crippen LogP) is 2.14. The molecule has 1 atom stereocenters. The molecular formula is C13H24N4O.